The molecule has 2 aliphatic rings. The zero-order valence-electron chi connectivity index (χ0n) is 25.6. The zero-order valence-corrected chi connectivity index (χ0v) is 25.6. The summed E-state index contributed by atoms with van der Waals surface area (Å²) in [7, 11) is 3.12. The van der Waals surface area contributed by atoms with Gasteiger partial charge in [-0.1, -0.05) is 24.3 Å². The van der Waals surface area contributed by atoms with Crippen LogP contribution in [0.4, 0.5) is 5.69 Å². The predicted octanol–water partition coefficient (Wildman–Crippen LogP) is 1.03. The van der Waals surface area contributed by atoms with Gasteiger partial charge in [-0.3, -0.25) is 24.0 Å². The van der Waals surface area contributed by atoms with Gasteiger partial charge >= 0.3 is 0 Å². The van der Waals surface area contributed by atoms with Crippen molar-refractivity contribution in [2.24, 2.45) is 0 Å². The fourth-order valence-corrected chi connectivity index (χ4v) is 5.85. The molecule has 0 unspecified atom stereocenters. The standard InChI is InChI=1S/C32H43N7O5/c1-19(34-2)28(40)38-26(13-14-36-30(42)22-16-21(29(41)35-3)17-23(33)18-22)32(44)39-15-7-12-27(39)31(43)37-25-11-6-9-20-8-4-5-10-24(20)25/h4-5,8,10,16-19,25-27,34H,6-7,9,11-15,33H2,1-3H3,(H,35,41)(H,36,42)(H,37,43)(H,38,40)/t19-,25+,26-,27-/m0/s1. The maximum atomic E-state index is 13.9. The first-order chi connectivity index (χ1) is 21.1. The molecule has 0 bridgehead atoms. The smallest absolute Gasteiger partial charge is 0.251 e. The van der Waals surface area contributed by atoms with Gasteiger partial charge in [-0.05, 0) is 81.8 Å². The molecule has 1 fully saturated rings. The number of hydrogen-bond acceptors (Lipinski definition) is 7. The van der Waals surface area contributed by atoms with E-state index in [4.69, 9.17) is 5.73 Å². The lowest BCUT2D eigenvalue weighted by atomic mass is 9.87. The molecule has 4 atom stereocenters. The van der Waals surface area contributed by atoms with Crippen molar-refractivity contribution in [1.29, 1.82) is 0 Å². The molecule has 4 rings (SSSR count). The van der Waals surface area contributed by atoms with E-state index in [1.807, 2.05) is 18.2 Å². The number of nitrogens with zero attached hydrogens (tertiary/aromatic N) is 1. The van der Waals surface area contributed by atoms with Crippen LogP contribution in [0.15, 0.2) is 42.5 Å². The van der Waals surface area contributed by atoms with Crippen LogP contribution >= 0.6 is 0 Å². The summed E-state index contributed by atoms with van der Waals surface area (Å²) in [6.07, 6.45) is 4.07. The van der Waals surface area contributed by atoms with E-state index in [0.29, 0.717) is 19.4 Å². The second-order valence-electron chi connectivity index (χ2n) is 11.4. The Bertz CT molecular complexity index is 1400. The fraction of sp³-hybridized carbons (Fsp3) is 0.469. The third-order valence-electron chi connectivity index (χ3n) is 8.39. The number of aryl methyl sites for hydroxylation is 1. The highest BCUT2D eigenvalue weighted by molar-refractivity contribution is 6.01. The lowest BCUT2D eigenvalue weighted by Gasteiger charge is -2.32. The number of nitrogens with two attached hydrogens (primary N) is 1. The van der Waals surface area contributed by atoms with E-state index in [1.54, 1.807) is 18.9 Å². The molecule has 2 aromatic carbocycles. The Morgan fingerprint density at radius 3 is 2.43 bits per heavy atom. The van der Waals surface area contributed by atoms with Crippen LogP contribution in [0.1, 0.15) is 76.9 Å². The van der Waals surface area contributed by atoms with Crippen molar-refractivity contribution in [2.75, 3.05) is 32.9 Å². The first-order valence-corrected chi connectivity index (χ1v) is 15.2. The van der Waals surface area contributed by atoms with Gasteiger partial charge in [0, 0.05) is 37.0 Å². The number of nitrogens with one attached hydrogen (secondary N) is 5. The van der Waals surface area contributed by atoms with Gasteiger partial charge in [-0.2, -0.15) is 0 Å². The molecule has 7 N–H and O–H groups in total. The molecule has 1 aliphatic carbocycles. The Hall–Kier alpha value is -4.45. The molecule has 12 heteroatoms. The van der Waals surface area contributed by atoms with Crippen molar-refractivity contribution in [3.8, 4) is 0 Å². The number of carbonyl (C=O) groups excluding carboxylic acids is 5. The summed E-state index contributed by atoms with van der Waals surface area (Å²) in [6.45, 7) is 2.12. The number of nitrogen functional groups attached to an aromatic ring is 1. The minimum Gasteiger partial charge on any atom is -0.399 e. The first-order valence-electron chi connectivity index (χ1n) is 15.2. The first kappa shape index (κ1) is 32.5. The maximum absolute atomic E-state index is 13.9. The van der Waals surface area contributed by atoms with E-state index in [2.05, 4.69) is 32.7 Å². The molecular formula is C32H43N7O5. The molecule has 0 aromatic heterocycles. The second kappa shape index (κ2) is 14.8. The van der Waals surface area contributed by atoms with Crippen molar-refractivity contribution in [2.45, 2.75) is 69.6 Å². The maximum Gasteiger partial charge on any atom is 0.251 e. The summed E-state index contributed by atoms with van der Waals surface area (Å²) >= 11 is 0. The summed E-state index contributed by atoms with van der Waals surface area (Å²) in [6, 6.07) is 10.2. The summed E-state index contributed by atoms with van der Waals surface area (Å²) in [4.78, 5) is 66.7. The number of anilines is 1. The van der Waals surface area contributed by atoms with E-state index in [0.717, 1.165) is 24.8 Å². The van der Waals surface area contributed by atoms with Crippen molar-refractivity contribution >= 4 is 35.2 Å². The average molecular weight is 606 g/mol. The molecule has 44 heavy (non-hydrogen) atoms. The van der Waals surface area contributed by atoms with Crippen LogP contribution in [0.2, 0.25) is 0 Å². The Labute approximate surface area is 257 Å². The van der Waals surface area contributed by atoms with Gasteiger partial charge in [0.1, 0.15) is 12.1 Å². The molecule has 236 valence electrons. The minimum absolute atomic E-state index is 0.0527. The van der Waals surface area contributed by atoms with Crippen LogP contribution in [-0.4, -0.2) is 79.7 Å². The average Bonchev–Trinajstić information content (AvgIpc) is 3.53. The molecule has 2 aromatic rings. The molecule has 0 saturated carbocycles. The number of rotatable bonds is 11. The normalized spacial score (nSPS) is 18.8. The summed E-state index contributed by atoms with van der Waals surface area (Å²) in [5, 5.41) is 14.1. The van der Waals surface area contributed by atoms with Crippen molar-refractivity contribution < 1.29 is 24.0 Å². The van der Waals surface area contributed by atoms with Gasteiger partial charge in [0.2, 0.25) is 17.7 Å². The molecule has 12 nitrogen and oxygen atoms in total. The van der Waals surface area contributed by atoms with Crippen LogP contribution in [0, 0.1) is 0 Å². The van der Waals surface area contributed by atoms with Gasteiger partial charge in [0.05, 0.1) is 12.1 Å². The molecule has 5 amide bonds. The third kappa shape index (κ3) is 7.73. The highest BCUT2D eigenvalue weighted by Crippen LogP contribution is 2.30. The van der Waals surface area contributed by atoms with E-state index in [9.17, 15) is 24.0 Å². The van der Waals surface area contributed by atoms with E-state index >= 15 is 0 Å². The van der Waals surface area contributed by atoms with E-state index < -0.39 is 24.0 Å². The van der Waals surface area contributed by atoms with E-state index in [1.165, 1.54) is 30.8 Å². The summed E-state index contributed by atoms with van der Waals surface area (Å²) in [5.41, 5.74) is 8.94. The largest absolute Gasteiger partial charge is 0.399 e. The lowest BCUT2D eigenvalue weighted by molar-refractivity contribution is -0.142. The van der Waals surface area contributed by atoms with Crippen LogP contribution in [0.5, 0.6) is 0 Å². The minimum atomic E-state index is -0.968. The number of likely N-dealkylation sites (tertiary alicyclic amines) is 1. The SMILES string of the molecule is CNC(=O)c1cc(N)cc(C(=O)NCC[C@H](NC(=O)[C@H](C)NC)C(=O)N2CCC[C@H]2C(=O)N[C@@H]2CCCc3ccccc32)c1. The molecular weight excluding hydrogens is 562 g/mol. The van der Waals surface area contributed by atoms with Crippen molar-refractivity contribution in [3.63, 3.8) is 0 Å². The van der Waals surface area contributed by atoms with Crippen LogP contribution in [0.3, 0.4) is 0 Å². The predicted molar refractivity (Wildman–Crippen MR) is 167 cm³/mol. The quantitative estimate of drug-likeness (QED) is 0.207. The molecule has 1 saturated heterocycles. The fourth-order valence-electron chi connectivity index (χ4n) is 5.85. The topological polar surface area (TPSA) is 175 Å². The Morgan fingerprint density at radius 2 is 1.70 bits per heavy atom. The van der Waals surface area contributed by atoms with Crippen LogP contribution < -0.4 is 32.3 Å². The monoisotopic (exact) mass is 605 g/mol. The van der Waals surface area contributed by atoms with Gasteiger partial charge in [-0.15, -0.1) is 0 Å². The Morgan fingerprint density at radius 1 is 0.977 bits per heavy atom. The second-order valence-corrected chi connectivity index (χ2v) is 11.4. The van der Waals surface area contributed by atoms with Crippen LogP contribution in [-0.2, 0) is 20.8 Å². The number of benzene rings is 2. The van der Waals surface area contributed by atoms with Crippen LogP contribution in [0.25, 0.3) is 0 Å². The highest BCUT2D eigenvalue weighted by atomic mass is 16.2. The van der Waals surface area contributed by atoms with E-state index in [-0.39, 0.29) is 59.5 Å². The highest BCUT2D eigenvalue weighted by Gasteiger charge is 2.39. The number of likely N-dealkylation sites (N-methyl/N-ethyl adjacent to an activating group) is 1. The molecule has 1 aliphatic heterocycles. The third-order valence-corrected chi connectivity index (χ3v) is 8.39. The zero-order chi connectivity index (χ0) is 31.8. The van der Waals surface area contributed by atoms with Gasteiger partial charge in [0.15, 0.2) is 0 Å². The summed E-state index contributed by atoms with van der Waals surface area (Å²) < 4.78 is 0. The number of amides is 5. The number of hydrogen-bond donors (Lipinski definition) is 6. The number of fused-ring (bicyclic) bond motifs is 1. The molecule has 0 radical (unpaired) electrons. The Kier molecular flexibility index (Phi) is 10.9. The van der Waals surface area contributed by atoms with Gasteiger partial charge in [0.25, 0.3) is 11.8 Å². The summed E-state index contributed by atoms with van der Waals surface area (Å²) in [5.74, 6) is -1.80. The Balaban J connectivity index is 1.44. The van der Waals surface area contributed by atoms with Crippen molar-refractivity contribution in [3.05, 3.63) is 64.7 Å². The lowest BCUT2D eigenvalue weighted by Crippen LogP contribution is -2.56. The molecule has 1 heterocycles. The van der Waals surface area contributed by atoms with Gasteiger partial charge in [-0.25, -0.2) is 0 Å². The van der Waals surface area contributed by atoms with Crippen molar-refractivity contribution in [1.82, 2.24) is 31.5 Å². The molecule has 0 spiro atoms. The van der Waals surface area contributed by atoms with Gasteiger partial charge < -0.3 is 37.2 Å². The number of carbonyl (C=O) groups is 5.